The summed E-state index contributed by atoms with van der Waals surface area (Å²) in [5, 5.41) is 12.3. The quantitative estimate of drug-likeness (QED) is 0.801. The van der Waals surface area contributed by atoms with Crippen LogP contribution < -0.4 is 5.32 Å². The molecule has 0 saturated heterocycles. The molecule has 0 unspecified atom stereocenters. The van der Waals surface area contributed by atoms with Crippen LogP contribution in [-0.2, 0) is 6.54 Å². The van der Waals surface area contributed by atoms with E-state index in [1.54, 1.807) is 4.68 Å². The molecule has 3 aromatic rings. The standard InChI is InChI=1S/C15H15ClN4/c1-2-17-10-11-7-8-14(12(16)9-11)20-15-6-4-3-5-13(15)18-19-20/h3-9,17H,2,10H2,1H3. The van der Waals surface area contributed by atoms with Crippen LogP contribution in [0.1, 0.15) is 12.5 Å². The summed E-state index contributed by atoms with van der Waals surface area (Å²) in [6.45, 7) is 3.83. The Hall–Kier alpha value is -1.91. The SMILES string of the molecule is CCNCc1ccc(-n2nnc3ccccc32)c(Cl)c1. The van der Waals surface area contributed by atoms with E-state index in [9.17, 15) is 0 Å². The van der Waals surface area contributed by atoms with Crippen molar-refractivity contribution in [2.45, 2.75) is 13.5 Å². The molecular weight excluding hydrogens is 272 g/mol. The van der Waals surface area contributed by atoms with Gasteiger partial charge in [0.2, 0.25) is 0 Å². The molecular formula is C15H15ClN4. The fourth-order valence-electron chi connectivity index (χ4n) is 2.15. The molecule has 3 rings (SSSR count). The molecule has 0 radical (unpaired) electrons. The Bertz CT molecular complexity index is 736. The Balaban J connectivity index is 2.02. The Kier molecular flexibility index (Phi) is 3.67. The summed E-state index contributed by atoms with van der Waals surface area (Å²) in [5.74, 6) is 0. The number of nitrogens with one attached hydrogen (secondary N) is 1. The average molecular weight is 287 g/mol. The van der Waals surface area contributed by atoms with Crippen LogP contribution in [0.5, 0.6) is 0 Å². The molecule has 0 aliphatic heterocycles. The van der Waals surface area contributed by atoms with Gasteiger partial charge in [-0.05, 0) is 36.4 Å². The van der Waals surface area contributed by atoms with Crippen molar-refractivity contribution in [3.8, 4) is 5.69 Å². The Morgan fingerprint density at radius 3 is 2.85 bits per heavy atom. The second-order valence-corrected chi connectivity index (χ2v) is 4.96. The van der Waals surface area contributed by atoms with Gasteiger partial charge in [-0.3, -0.25) is 0 Å². The predicted octanol–water partition coefficient (Wildman–Crippen LogP) is 3.18. The van der Waals surface area contributed by atoms with Gasteiger partial charge in [0.05, 0.1) is 16.2 Å². The molecule has 0 aliphatic rings. The maximum atomic E-state index is 6.38. The Labute approximate surface area is 122 Å². The number of hydrogen-bond acceptors (Lipinski definition) is 3. The van der Waals surface area contributed by atoms with Gasteiger partial charge in [0, 0.05) is 6.54 Å². The molecule has 0 fully saturated rings. The zero-order chi connectivity index (χ0) is 13.9. The highest BCUT2D eigenvalue weighted by atomic mass is 35.5. The minimum Gasteiger partial charge on any atom is -0.313 e. The van der Waals surface area contributed by atoms with Crippen molar-refractivity contribution < 1.29 is 0 Å². The molecule has 0 atom stereocenters. The molecule has 1 N–H and O–H groups in total. The summed E-state index contributed by atoms with van der Waals surface area (Å²) >= 11 is 6.38. The van der Waals surface area contributed by atoms with E-state index in [1.165, 1.54) is 0 Å². The smallest absolute Gasteiger partial charge is 0.113 e. The second kappa shape index (κ2) is 5.61. The molecule has 0 bridgehead atoms. The second-order valence-electron chi connectivity index (χ2n) is 4.56. The number of aromatic nitrogens is 3. The highest BCUT2D eigenvalue weighted by Crippen LogP contribution is 2.24. The number of benzene rings is 2. The van der Waals surface area contributed by atoms with Crippen molar-refractivity contribution >= 4 is 22.6 Å². The first-order valence-electron chi connectivity index (χ1n) is 6.59. The van der Waals surface area contributed by atoms with Gasteiger partial charge in [-0.15, -0.1) is 5.10 Å². The van der Waals surface area contributed by atoms with Gasteiger partial charge in [-0.2, -0.15) is 0 Å². The molecule has 5 heteroatoms. The summed E-state index contributed by atoms with van der Waals surface area (Å²) in [6, 6.07) is 13.8. The molecule has 2 aromatic carbocycles. The Morgan fingerprint density at radius 1 is 1.20 bits per heavy atom. The number of hydrogen-bond donors (Lipinski definition) is 1. The van der Waals surface area contributed by atoms with E-state index in [2.05, 4.69) is 28.6 Å². The lowest BCUT2D eigenvalue weighted by molar-refractivity contribution is 0.726. The molecule has 0 amide bonds. The minimum absolute atomic E-state index is 0.677. The van der Waals surface area contributed by atoms with Gasteiger partial charge < -0.3 is 5.32 Å². The van der Waals surface area contributed by atoms with Gasteiger partial charge in [0.1, 0.15) is 5.52 Å². The van der Waals surface area contributed by atoms with Crippen LogP contribution in [0.2, 0.25) is 5.02 Å². The maximum absolute atomic E-state index is 6.38. The van der Waals surface area contributed by atoms with Crippen LogP contribution in [0.25, 0.3) is 16.7 Å². The number of rotatable bonds is 4. The van der Waals surface area contributed by atoms with E-state index >= 15 is 0 Å². The van der Waals surface area contributed by atoms with Crippen LogP contribution in [0, 0.1) is 0 Å². The van der Waals surface area contributed by atoms with E-state index in [-0.39, 0.29) is 0 Å². The first kappa shape index (κ1) is 13.1. The van der Waals surface area contributed by atoms with Crippen molar-refractivity contribution in [2.75, 3.05) is 6.54 Å². The van der Waals surface area contributed by atoms with E-state index in [4.69, 9.17) is 11.6 Å². The van der Waals surface area contributed by atoms with Crippen molar-refractivity contribution in [2.24, 2.45) is 0 Å². The molecule has 102 valence electrons. The van der Waals surface area contributed by atoms with Crippen molar-refractivity contribution in [3.05, 3.63) is 53.1 Å². The largest absolute Gasteiger partial charge is 0.313 e. The third-order valence-electron chi connectivity index (χ3n) is 3.17. The molecule has 20 heavy (non-hydrogen) atoms. The number of fused-ring (bicyclic) bond motifs is 1. The van der Waals surface area contributed by atoms with Crippen molar-refractivity contribution in [3.63, 3.8) is 0 Å². The summed E-state index contributed by atoms with van der Waals surface area (Å²) in [6.07, 6.45) is 0. The lowest BCUT2D eigenvalue weighted by Crippen LogP contribution is -2.11. The van der Waals surface area contributed by atoms with Gasteiger partial charge in [-0.1, -0.05) is 41.9 Å². The maximum Gasteiger partial charge on any atom is 0.113 e. The van der Waals surface area contributed by atoms with Gasteiger partial charge in [0.25, 0.3) is 0 Å². The zero-order valence-corrected chi connectivity index (χ0v) is 11.9. The zero-order valence-electron chi connectivity index (χ0n) is 11.2. The monoisotopic (exact) mass is 286 g/mol. The minimum atomic E-state index is 0.677. The highest BCUT2D eigenvalue weighted by Gasteiger charge is 2.09. The van der Waals surface area contributed by atoms with Crippen molar-refractivity contribution in [1.29, 1.82) is 0 Å². The first-order valence-corrected chi connectivity index (χ1v) is 6.97. The average Bonchev–Trinajstić information content (AvgIpc) is 2.89. The molecule has 1 heterocycles. The van der Waals surface area contributed by atoms with Crippen LogP contribution >= 0.6 is 11.6 Å². The van der Waals surface area contributed by atoms with E-state index in [0.717, 1.165) is 35.4 Å². The van der Waals surface area contributed by atoms with Gasteiger partial charge in [0.15, 0.2) is 0 Å². The van der Waals surface area contributed by atoms with Crippen LogP contribution in [0.3, 0.4) is 0 Å². The molecule has 0 spiro atoms. The third kappa shape index (κ3) is 2.40. The molecule has 0 aliphatic carbocycles. The fourth-order valence-corrected chi connectivity index (χ4v) is 2.43. The van der Waals surface area contributed by atoms with Crippen LogP contribution in [0.15, 0.2) is 42.5 Å². The third-order valence-corrected chi connectivity index (χ3v) is 3.47. The van der Waals surface area contributed by atoms with Gasteiger partial charge >= 0.3 is 0 Å². The lowest BCUT2D eigenvalue weighted by Gasteiger charge is -2.08. The lowest BCUT2D eigenvalue weighted by atomic mass is 10.2. The predicted molar refractivity (Wildman–Crippen MR) is 81.3 cm³/mol. The van der Waals surface area contributed by atoms with E-state index in [0.29, 0.717) is 5.02 Å². The van der Waals surface area contributed by atoms with E-state index < -0.39 is 0 Å². The van der Waals surface area contributed by atoms with Crippen molar-refractivity contribution in [1.82, 2.24) is 20.3 Å². The normalized spacial score (nSPS) is 11.1. The summed E-state index contributed by atoms with van der Waals surface area (Å²) in [7, 11) is 0. The van der Waals surface area contributed by atoms with Crippen LogP contribution in [0.4, 0.5) is 0 Å². The molecule has 4 nitrogen and oxygen atoms in total. The highest BCUT2D eigenvalue weighted by molar-refractivity contribution is 6.32. The number of halogens is 1. The van der Waals surface area contributed by atoms with E-state index in [1.807, 2.05) is 36.4 Å². The van der Waals surface area contributed by atoms with Gasteiger partial charge in [-0.25, -0.2) is 4.68 Å². The Morgan fingerprint density at radius 2 is 2.05 bits per heavy atom. The number of para-hydroxylation sites is 1. The molecule has 0 saturated carbocycles. The topological polar surface area (TPSA) is 42.7 Å². The fraction of sp³-hybridized carbons (Fsp3) is 0.200. The van der Waals surface area contributed by atoms with Crippen LogP contribution in [-0.4, -0.2) is 21.5 Å². The summed E-state index contributed by atoms with van der Waals surface area (Å²) < 4.78 is 1.77. The number of nitrogens with zero attached hydrogens (tertiary/aromatic N) is 3. The first-order chi connectivity index (χ1) is 9.79. The summed E-state index contributed by atoms with van der Waals surface area (Å²) in [4.78, 5) is 0. The molecule has 1 aromatic heterocycles. The summed E-state index contributed by atoms with van der Waals surface area (Å²) in [5.41, 5.74) is 3.82.